The van der Waals surface area contributed by atoms with Crippen molar-refractivity contribution in [3.63, 3.8) is 0 Å². The second-order valence-electron chi connectivity index (χ2n) is 7.10. The summed E-state index contributed by atoms with van der Waals surface area (Å²) in [6.45, 7) is 8.62. The summed E-state index contributed by atoms with van der Waals surface area (Å²) < 4.78 is 36.0. The topological polar surface area (TPSA) is 98.0 Å². The van der Waals surface area contributed by atoms with E-state index in [9.17, 15) is 13.2 Å². The first-order chi connectivity index (χ1) is 9.85. The van der Waals surface area contributed by atoms with Gasteiger partial charge in [-0.2, -0.15) is 8.42 Å². The minimum Gasteiger partial charge on any atom is -0.383 e. The summed E-state index contributed by atoms with van der Waals surface area (Å²) in [6.07, 6.45) is 1.30. The molecule has 0 aliphatic carbocycles. The summed E-state index contributed by atoms with van der Waals surface area (Å²) in [4.78, 5) is 13.8. The number of carbonyl (C=O) groups is 1. The van der Waals surface area contributed by atoms with Crippen LogP contribution >= 0.6 is 0 Å². The smallest absolute Gasteiger partial charge is 0.274 e. The molecular weight excluding hydrogens is 308 g/mol. The lowest BCUT2D eigenvalue weighted by atomic mass is 9.79. The van der Waals surface area contributed by atoms with E-state index in [1.807, 2.05) is 27.7 Å². The molecule has 0 atom stereocenters. The van der Waals surface area contributed by atoms with Crippen LogP contribution in [0.1, 0.15) is 40.5 Å². The Hall–Kier alpha value is -0.700. The van der Waals surface area contributed by atoms with Crippen molar-refractivity contribution < 1.29 is 22.5 Å². The standard InChI is InChI=1S/C14H27N2O5S/c1-13(2)8-11(9-14(3,4)15-13)16(6-7-21-5)12(17)10-22(18,19)20/h11H,6-10H2,1-5H3,(H,18,19,20). The molecule has 1 rings (SSSR count). The van der Waals surface area contributed by atoms with Gasteiger partial charge < -0.3 is 9.64 Å². The Morgan fingerprint density at radius 3 is 2.18 bits per heavy atom. The molecule has 1 fully saturated rings. The molecule has 1 aliphatic heterocycles. The van der Waals surface area contributed by atoms with Gasteiger partial charge in [0, 0.05) is 30.8 Å². The summed E-state index contributed by atoms with van der Waals surface area (Å²) in [6, 6.07) is -0.133. The molecule has 1 radical (unpaired) electrons. The van der Waals surface area contributed by atoms with Gasteiger partial charge in [0.05, 0.1) is 6.61 Å². The highest BCUT2D eigenvalue weighted by molar-refractivity contribution is 7.86. The number of ether oxygens (including phenoxy) is 1. The molecule has 0 saturated carbocycles. The van der Waals surface area contributed by atoms with Crippen molar-refractivity contribution in [2.24, 2.45) is 0 Å². The van der Waals surface area contributed by atoms with Gasteiger partial charge in [0.2, 0.25) is 5.91 Å². The number of carbonyl (C=O) groups excluding carboxylic acids is 1. The van der Waals surface area contributed by atoms with Gasteiger partial charge in [-0.3, -0.25) is 9.35 Å². The van der Waals surface area contributed by atoms with E-state index in [4.69, 9.17) is 14.6 Å². The monoisotopic (exact) mass is 335 g/mol. The first-order valence-corrected chi connectivity index (χ1v) is 8.94. The number of rotatable bonds is 6. The minimum atomic E-state index is -4.35. The van der Waals surface area contributed by atoms with Crippen molar-refractivity contribution in [1.29, 1.82) is 0 Å². The van der Waals surface area contributed by atoms with Crippen LogP contribution in [0, 0.1) is 0 Å². The van der Waals surface area contributed by atoms with Crippen LogP contribution < -0.4 is 5.32 Å². The molecule has 0 unspecified atom stereocenters. The van der Waals surface area contributed by atoms with Gasteiger partial charge in [-0.1, -0.05) is 0 Å². The highest BCUT2D eigenvalue weighted by Gasteiger charge is 2.42. The van der Waals surface area contributed by atoms with E-state index in [1.54, 1.807) is 0 Å². The average Bonchev–Trinajstić information content (AvgIpc) is 2.22. The predicted octanol–water partition coefficient (Wildman–Crippen LogP) is 0.673. The minimum absolute atomic E-state index is 0.133. The van der Waals surface area contributed by atoms with Crippen molar-refractivity contribution in [2.75, 3.05) is 26.0 Å². The van der Waals surface area contributed by atoms with Gasteiger partial charge in [0.1, 0.15) is 0 Å². The Labute approximate surface area is 133 Å². The SMILES string of the molecule is COCCN(C(=O)CS(=O)(=O)O)C1CC(C)(C)[N]C(C)(C)C1. The number of hydrogen-bond acceptors (Lipinski definition) is 4. The third-order valence-electron chi connectivity index (χ3n) is 3.68. The lowest BCUT2D eigenvalue weighted by Gasteiger charge is -2.48. The van der Waals surface area contributed by atoms with Gasteiger partial charge in [-0.05, 0) is 40.5 Å². The van der Waals surface area contributed by atoms with E-state index in [0.717, 1.165) is 0 Å². The molecule has 1 heterocycles. The number of amides is 1. The number of nitrogens with zero attached hydrogens (tertiary/aromatic N) is 2. The summed E-state index contributed by atoms with van der Waals surface area (Å²) in [7, 11) is -2.82. The van der Waals surface area contributed by atoms with E-state index >= 15 is 0 Å². The molecule has 0 aromatic carbocycles. The van der Waals surface area contributed by atoms with Gasteiger partial charge in [-0.25, -0.2) is 5.32 Å². The highest BCUT2D eigenvalue weighted by atomic mass is 32.2. The fraction of sp³-hybridized carbons (Fsp3) is 0.929. The van der Waals surface area contributed by atoms with E-state index < -0.39 is 21.8 Å². The van der Waals surface area contributed by atoms with Gasteiger partial charge in [0.15, 0.2) is 5.75 Å². The third-order valence-corrected chi connectivity index (χ3v) is 4.29. The van der Waals surface area contributed by atoms with E-state index in [0.29, 0.717) is 26.0 Å². The van der Waals surface area contributed by atoms with Crippen molar-refractivity contribution in [1.82, 2.24) is 10.2 Å². The maximum Gasteiger partial charge on any atom is 0.274 e. The van der Waals surface area contributed by atoms with Crippen LogP contribution in [0.15, 0.2) is 0 Å². The second-order valence-corrected chi connectivity index (χ2v) is 8.56. The predicted molar refractivity (Wildman–Crippen MR) is 83.3 cm³/mol. The molecule has 0 aromatic heterocycles. The van der Waals surface area contributed by atoms with Gasteiger partial charge >= 0.3 is 0 Å². The summed E-state index contributed by atoms with van der Waals surface area (Å²) >= 11 is 0. The molecule has 1 aliphatic rings. The molecule has 22 heavy (non-hydrogen) atoms. The second kappa shape index (κ2) is 6.82. The average molecular weight is 335 g/mol. The first-order valence-electron chi connectivity index (χ1n) is 7.33. The van der Waals surface area contributed by atoms with Crippen LogP contribution in [0.2, 0.25) is 0 Å². The molecular formula is C14H27N2O5S. The summed E-state index contributed by atoms with van der Waals surface area (Å²) in [5.74, 6) is -1.50. The molecule has 1 N–H and O–H groups in total. The zero-order valence-corrected chi connectivity index (χ0v) is 14.8. The van der Waals surface area contributed by atoms with E-state index in [1.165, 1.54) is 12.0 Å². The Kier molecular flexibility index (Phi) is 6.00. The van der Waals surface area contributed by atoms with Crippen LogP contribution in [0.25, 0.3) is 0 Å². The maximum absolute atomic E-state index is 12.3. The molecule has 7 nitrogen and oxygen atoms in total. The Balaban J connectivity index is 2.97. The maximum atomic E-state index is 12.3. The lowest BCUT2D eigenvalue weighted by molar-refractivity contribution is -0.133. The molecule has 1 amide bonds. The largest absolute Gasteiger partial charge is 0.383 e. The molecule has 129 valence electrons. The van der Waals surface area contributed by atoms with E-state index in [-0.39, 0.29) is 17.1 Å². The number of hydrogen-bond donors (Lipinski definition) is 1. The lowest BCUT2D eigenvalue weighted by Crippen LogP contribution is -2.60. The Morgan fingerprint density at radius 2 is 1.77 bits per heavy atom. The first kappa shape index (κ1) is 19.3. The van der Waals surface area contributed by atoms with Crippen LogP contribution in [-0.4, -0.2) is 66.9 Å². The van der Waals surface area contributed by atoms with Crippen molar-refractivity contribution in [2.45, 2.75) is 57.7 Å². The zero-order chi connectivity index (χ0) is 17.2. The summed E-state index contributed by atoms with van der Waals surface area (Å²) in [5.41, 5.74) is -0.591. The van der Waals surface area contributed by atoms with Crippen molar-refractivity contribution in [3.8, 4) is 0 Å². The van der Waals surface area contributed by atoms with E-state index in [2.05, 4.69) is 0 Å². The molecule has 1 saturated heterocycles. The van der Waals surface area contributed by atoms with Crippen LogP contribution in [0.5, 0.6) is 0 Å². The molecule has 0 spiro atoms. The fourth-order valence-corrected chi connectivity index (χ4v) is 3.77. The zero-order valence-electron chi connectivity index (χ0n) is 14.0. The number of piperidine rings is 1. The fourth-order valence-electron chi connectivity index (χ4n) is 3.30. The van der Waals surface area contributed by atoms with Crippen LogP contribution in [0.3, 0.4) is 0 Å². The Bertz CT molecular complexity index is 485. The molecule has 0 aromatic rings. The summed E-state index contributed by atoms with van der Waals surface area (Å²) in [5, 5.41) is 4.76. The normalized spacial score (nSPS) is 21.5. The third kappa shape index (κ3) is 6.20. The quantitative estimate of drug-likeness (QED) is 0.720. The highest BCUT2D eigenvalue weighted by Crippen LogP contribution is 2.33. The number of methoxy groups -OCH3 is 1. The van der Waals surface area contributed by atoms with Crippen molar-refractivity contribution in [3.05, 3.63) is 0 Å². The Morgan fingerprint density at radius 1 is 1.27 bits per heavy atom. The van der Waals surface area contributed by atoms with Crippen LogP contribution in [-0.2, 0) is 19.6 Å². The molecule has 0 bridgehead atoms. The van der Waals surface area contributed by atoms with Gasteiger partial charge in [-0.15, -0.1) is 0 Å². The van der Waals surface area contributed by atoms with Crippen molar-refractivity contribution >= 4 is 16.0 Å². The molecule has 8 heteroatoms. The van der Waals surface area contributed by atoms with Crippen LogP contribution in [0.4, 0.5) is 0 Å². The van der Waals surface area contributed by atoms with Gasteiger partial charge in [0.25, 0.3) is 10.1 Å².